The number of allylic oxidation sites excluding steroid dienone is 1. The summed E-state index contributed by atoms with van der Waals surface area (Å²) >= 11 is 1.50. The molecule has 0 aliphatic carbocycles. The molecule has 108 valence electrons. The van der Waals surface area contributed by atoms with Crippen molar-refractivity contribution in [3.8, 4) is 17.6 Å². The fraction of sp³-hybridized carbons (Fsp3) is 0.0625. The third kappa shape index (κ3) is 3.22. The molecule has 0 radical (unpaired) electrons. The predicted molar refractivity (Wildman–Crippen MR) is 88.8 cm³/mol. The van der Waals surface area contributed by atoms with E-state index < -0.39 is 0 Å². The minimum Gasteiger partial charge on any atom is -0.508 e. The van der Waals surface area contributed by atoms with Crippen LogP contribution in [0.1, 0.15) is 10.7 Å². The standard InChI is InChI=1S/C16H12N4OS/c1-17-15-10-18-11(9-19-15)4-2-3-5-16-20-13-7-6-12(21)8-14(13)22-16/h3,5-10,21H,1H3,(H,17,19). The molecule has 0 atom stereocenters. The minimum absolute atomic E-state index is 0.245. The number of hydrogen-bond acceptors (Lipinski definition) is 6. The summed E-state index contributed by atoms with van der Waals surface area (Å²) in [6.07, 6.45) is 6.82. The molecule has 0 saturated carbocycles. The SMILES string of the molecule is CNc1cnc(C#CC=Cc2nc3ccc(O)cc3s2)cn1. The van der Waals surface area contributed by atoms with Gasteiger partial charge in [-0.1, -0.05) is 5.92 Å². The van der Waals surface area contributed by atoms with Crippen LogP contribution in [0.4, 0.5) is 5.82 Å². The molecule has 3 rings (SSSR count). The van der Waals surface area contributed by atoms with Crippen LogP contribution in [0.25, 0.3) is 16.3 Å². The molecule has 0 amide bonds. The van der Waals surface area contributed by atoms with Gasteiger partial charge in [-0.05, 0) is 36.3 Å². The van der Waals surface area contributed by atoms with Crippen LogP contribution in [0.3, 0.4) is 0 Å². The van der Waals surface area contributed by atoms with Crippen LogP contribution in [0.2, 0.25) is 0 Å². The van der Waals surface area contributed by atoms with Crippen LogP contribution >= 0.6 is 11.3 Å². The molecule has 0 bridgehead atoms. The number of benzene rings is 1. The number of aromatic hydroxyl groups is 1. The first-order valence-electron chi connectivity index (χ1n) is 6.52. The number of phenols is 1. The Morgan fingerprint density at radius 2 is 2.18 bits per heavy atom. The normalized spacial score (nSPS) is 10.6. The van der Waals surface area contributed by atoms with Gasteiger partial charge in [0.05, 0.1) is 22.6 Å². The van der Waals surface area contributed by atoms with E-state index in [9.17, 15) is 5.11 Å². The summed E-state index contributed by atoms with van der Waals surface area (Å²) in [4.78, 5) is 12.7. The largest absolute Gasteiger partial charge is 0.508 e. The van der Waals surface area contributed by atoms with Crippen molar-refractivity contribution in [2.75, 3.05) is 12.4 Å². The van der Waals surface area contributed by atoms with Gasteiger partial charge in [0, 0.05) is 7.05 Å². The smallest absolute Gasteiger partial charge is 0.144 e. The first-order chi connectivity index (χ1) is 10.7. The molecule has 2 N–H and O–H groups in total. The molecule has 0 aliphatic rings. The summed E-state index contributed by atoms with van der Waals surface area (Å²) in [6, 6.07) is 5.13. The highest BCUT2D eigenvalue weighted by Crippen LogP contribution is 2.26. The quantitative estimate of drug-likeness (QED) is 0.712. The van der Waals surface area contributed by atoms with E-state index >= 15 is 0 Å². The van der Waals surface area contributed by atoms with Crippen molar-refractivity contribution in [1.82, 2.24) is 15.0 Å². The summed E-state index contributed by atoms with van der Waals surface area (Å²) < 4.78 is 0.945. The maximum Gasteiger partial charge on any atom is 0.144 e. The number of thiazole rings is 1. The third-order valence-electron chi connectivity index (χ3n) is 2.81. The van der Waals surface area contributed by atoms with Gasteiger partial charge in [0.25, 0.3) is 0 Å². The van der Waals surface area contributed by atoms with Crippen LogP contribution in [0.15, 0.2) is 36.7 Å². The fourth-order valence-electron chi connectivity index (χ4n) is 1.75. The lowest BCUT2D eigenvalue weighted by molar-refractivity contribution is 0.476. The Labute approximate surface area is 131 Å². The van der Waals surface area contributed by atoms with Gasteiger partial charge in [-0.3, -0.25) is 0 Å². The maximum absolute atomic E-state index is 9.44. The second kappa shape index (κ2) is 6.24. The minimum atomic E-state index is 0.245. The molecule has 0 unspecified atom stereocenters. The summed E-state index contributed by atoms with van der Waals surface area (Å²) in [5.41, 5.74) is 1.47. The highest BCUT2D eigenvalue weighted by molar-refractivity contribution is 7.19. The van der Waals surface area contributed by atoms with Crippen molar-refractivity contribution in [2.45, 2.75) is 0 Å². The van der Waals surface area contributed by atoms with E-state index in [4.69, 9.17) is 0 Å². The molecule has 0 spiro atoms. The van der Waals surface area contributed by atoms with Crippen molar-refractivity contribution in [3.63, 3.8) is 0 Å². The third-order valence-corrected chi connectivity index (χ3v) is 3.79. The Hall–Kier alpha value is -2.91. The van der Waals surface area contributed by atoms with Crippen LogP contribution in [0, 0.1) is 11.8 Å². The molecule has 2 heterocycles. The van der Waals surface area contributed by atoms with Gasteiger partial charge in [-0.25, -0.2) is 15.0 Å². The molecular formula is C16H12N4OS. The number of aromatic nitrogens is 3. The van der Waals surface area contributed by atoms with E-state index in [-0.39, 0.29) is 5.75 Å². The van der Waals surface area contributed by atoms with E-state index in [2.05, 4.69) is 32.1 Å². The first kappa shape index (κ1) is 14.0. The van der Waals surface area contributed by atoms with Gasteiger partial charge in [0.15, 0.2) is 0 Å². The number of phenolic OH excluding ortho intramolecular Hbond substituents is 1. The molecular weight excluding hydrogens is 296 g/mol. The Kier molecular flexibility index (Phi) is 3.99. The number of fused-ring (bicyclic) bond motifs is 1. The fourth-order valence-corrected chi connectivity index (χ4v) is 2.66. The van der Waals surface area contributed by atoms with Crippen molar-refractivity contribution in [2.24, 2.45) is 0 Å². The van der Waals surface area contributed by atoms with E-state index in [1.54, 1.807) is 43.7 Å². The lowest BCUT2D eigenvalue weighted by atomic mass is 10.3. The molecule has 2 aromatic heterocycles. The topological polar surface area (TPSA) is 70.9 Å². The molecule has 0 saturated heterocycles. The van der Waals surface area contributed by atoms with Gasteiger partial charge in [0.2, 0.25) is 0 Å². The zero-order valence-corrected chi connectivity index (χ0v) is 12.6. The van der Waals surface area contributed by atoms with Gasteiger partial charge in [-0.15, -0.1) is 11.3 Å². The van der Waals surface area contributed by atoms with Gasteiger partial charge < -0.3 is 10.4 Å². The summed E-state index contributed by atoms with van der Waals surface area (Å²) in [6.45, 7) is 0. The van der Waals surface area contributed by atoms with Crippen molar-refractivity contribution < 1.29 is 5.11 Å². The van der Waals surface area contributed by atoms with Crippen molar-refractivity contribution in [1.29, 1.82) is 0 Å². The Morgan fingerprint density at radius 3 is 2.95 bits per heavy atom. The summed E-state index contributed by atoms with van der Waals surface area (Å²) in [5, 5.41) is 13.2. The summed E-state index contributed by atoms with van der Waals surface area (Å²) in [5.74, 6) is 6.77. The zero-order valence-electron chi connectivity index (χ0n) is 11.7. The van der Waals surface area contributed by atoms with Crippen LogP contribution < -0.4 is 5.32 Å². The van der Waals surface area contributed by atoms with Gasteiger partial charge in [-0.2, -0.15) is 0 Å². The number of rotatable bonds is 2. The molecule has 0 fully saturated rings. The van der Waals surface area contributed by atoms with Crippen LogP contribution in [0.5, 0.6) is 5.75 Å². The Bertz CT molecular complexity index is 888. The highest BCUT2D eigenvalue weighted by atomic mass is 32.1. The average molecular weight is 308 g/mol. The second-order valence-electron chi connectivity index (χ2n) is 4.34. The molecule has 3 aromatic rings. The van der Waals surface area contributed by atoms with Gasteiger partial charge >= 0.3 is 0 Å². The van der Waals surface area contributed by atoms with Crippen molar-refractivity contribution >= 4 is 33.4 Å². The van der Waals surface area contributed by atoms with E-state index in [1.807, 2.05) is 6.08 Å². The number of anilines is 1. The highest BCUT2D eigenvalue weighted by Gasteiger charge is 2.01. The number of hydrogen-bond donors (Lipinski definition) is 2. The molecule has 0 aliphatic heterocycles. The lowest BCUT2D eigenvalue weighted by Crippen LogP contribution is -1.93. The Morgan fingerprint density at radius 1 is 1.27 bits per heavy atom. The average Bonchev–Trinajstić information content (AvgIpc) is 2.94. The van der Waals surface area contributed by atoms with Crippen LogP contribution in [-0.2, 0) is 0 Å². The van der Waals surface area contributed by atoms with Crippen LogP contribution in [-0.4, -0.2) is 27.1 Å². The predicted octanol–water partition coefficient (Wildman–Crippen LogP) is 2.90. The van der Waals surface area contributed by atoms with Gasteiger partial charge in [0.1, 0.15) is 22.3 Å². The number of nitrogens with zero attached hydrogens (tertiary/aromatic N) is 3. The molecule has 5 nitrogen and oxygen atoms in total. The lowest BCUT2D eigenvalue weighted by Gasteiger charge is -1.95. The molecule has 6 heteroatoms. The Balaban J connectivity index is 1.74. The second-order valence-corrected chi connectivity index (χ2v) is 5.41. The monoisotopic (exact) mass is 308 g/mol. The molecule has 1 aromatic carbocycles. The van der Waals surface area contributed by atoms with E-state index in [0.717, 1.165) is 15.2 Å². The zero-order chi connectivity index (χ0) is 15.4. The van der Waals surface area contributed by atoms with Crippen molar-refractivity contribution in [3.05, 3.63) is 47.4 Å². The first-order valence-corrected chi connectivity index (χ1v) is 7.34. The number of nitrogens with one attached hydrogen (secondary N) is 1. The van der Waals surface area contributed by atoms with E-state index in [1.165, 1.54) is 11.3 Å². The molecule has 22 heavy (non-hydrogen) atoms. The summed E-state index contributed by atoms with van der Waals surface area (Å²) in [7, 11) is 1.79. The maximum atomic E-state index is 9.44. The van der Waals surface area contributed by atoms with E-state index in [0.29, 0.717) is 11.5 Å².